The number of hydrogen-bond acceptors (Lipinski definition) is 5. The first-order valence-electron chi connectivity index (χ1n) is 6.05. The van der Waals surface area contributed by atoms with Crippen LogP contribution in [0.15, 0.2) is 0 Å². The smallest absolute Gasteiger partial charge is 0.407 e. The van der Waals surface area contributed by atoms with Gasteiger partial charge in [0.1, 0.15) is 5.60 Å². The van der Waals surface area contributed by atoms with Crippen molar-refractivity contribution in [1.29, 1.82) is 0 Å². The van der Waals surface area contributed by atoms with Crippen molar-refractivity contribution in [3.8, 4) is 0 Å². The van der Waals surface area contributed by atoms with Gasteiger partial charge in [0, 0.05) is 12.6 Å². The zero-order chi connectivity index (χ0) is 14.0. The van der Waals surface area contributed by atoms with Crippen LogP contribution in [0.25, 0.3) is 0 Å². The van der Waals surface area contributed by atoms with Gasteiger partial charge in [0.15, 0.2) is 0 Å². The van der Waals surface area contributed by atoms with Gasteiger partial charge in [-0.2, -0.15) is 0 Å². The molecule has 1 atom stereocenters. The van der Waals surface area contributed by atoms with Gasteiger partial charge in [-0.15, -0.1) is 0 Å². The Hall–Kier alpha value is -1.30. The molecule has 1 aliphatic rings. The van der Waals surface area contributed by atoms with E-state index in [0.717, 1.165) is 13.0 Å². The fourth-order valence-electron chi connectivity index (χ4n) is 1.45. The molecule has 1 heterocycles. The molecule has 1 saturated heterocycles. The molecule has 0 aromatic heterocycles. The molecule has 1 unspecified atom stereocenters. The summed E-state index contributed by atoms with van der Waals surface area (Å²) in [6, 6.07) is 0.419. The highest BCUT2D eigenvalue weighted by atomic mass is 16.6. The first kappa shape index (κ1) is 16.7. The lowest BCUT2D eigenvalue weighted by molar-refractivity contribution is -0.126. The summed E-state index contributed by atoms with van der Waals surface area (Å²) in [5, 5.41) is 6.06. The Balaban J connectivity index is 0.000000631. The van der Waals surface area contributed by atoms with E-state index in [1.165, 1.54) is 13.5 Å². The van der Waals surface area contributed by atoms with Gasteiger partial charge in [-0.1, -0.05) is 0 Å². The van der Waals surface area contributed by atoms with Crippen LogP contribution in [0.5, 0.6) is 0 Å². The maximum Gasteiger partial charge on any atom is 0.407 e. The van der Waals surface area contributed by atoms with Crippen molar-refractivity contribution in [3.63, 3.8) is 0 Å². The first-order chi connectivity index (χ1) is 8.39. The van der Waals surface area contributed by atoms with Crippen molar-refractivity contribution in [2.24, 2.45) is 0 Å². The normalized spacial score (nSPS) is 18.3. The average molecular weight is 260 g/mol. The van der Waals surface area contributed by atoms with Crippen molar-refractivity contribution in [2.75, 3.05) is 20.2 Å². The minimum atomic E-state index is -0.410. The molecule has 0 bridgehead atoms. The maximum atomic E-state index is 11.3. The molecule has 0 radical (unpaired) electrons. The van der Waals surface area contributed by atoms with E-state index in [0.29, 0.717) is 19.1 Å². The van der Waals surface area contributed by atoms with Crippen molar-refractivity contribution >= 4 is 12.6 Å². The Morgan fingerprint density at radius 1 is 1.50 bits per heavy atom. The predicted molar refractivity (Wildman–Crippen MR) is 68.3 cm³/mol. The van der Waals surface area contributed by atoms with Crippen molar-refractivity contribution in [2.45, 2.75) is 45.3 Å². The molecule has 1 rings (SSSR count). The van der Waals surface area contributed by atoms with Gasteiger partial charge in [0.25, 0.3) is 6.47 Å². The molecule has 6 heteroatoms. The molecule has 0 spiro atoms. The van der Waals surface area contributed by atoms with Crippen molar-refractivity contribution in [3.05, 3.63) is 0 Å². The molecular formula is C12H24N2O4. The van der Waals surface area contributed by atoms with Gasteiger partial charge in [0.2, 0.25) is 0 Å². The highest BCUT2D eigenvalue weighted by Gasteiger charge is 2.18. The third kappa shape index (κ3) is 9.89. The molecule has 2 N–H and O–H groups in total. The zero-order valence-electron chi connectivity index (χ0n) is 11.6. The third-order valence-electron chi connectivity index (χ3n) is 2.15. The molecule has 1 fully saturated rings. The minimum absolute atomic E-state index is 0.328. The monoisotopic (exact) mass is 260 g/mol. The Morgan fingerprint density at radius 2 is 2.11 bits per heavy atom. The Kier molecular flexibility index (Phi) is 8.11. The highest BCUT2D eigenvalue weighted by Crippen LogP contribution is 2.07. The summed E-state index contributed by atoms with van der Waals surface area (Å²) < 4.78 is 8.98. The third-order valence-corrected chi connectivity index (χ3v) is 2.15. The van der Waals surface area contributed by atoms with Gasteiger partial charge < -0.3 is 20.1 Å². The number of amides is 1. The Labute approximate surface area is 108 Å². The van der Waals surface area contributed by atoms with Crippen LogP contribution in [-0.2, 0) is 14.3 Å². The molecule has 18 heavy (non-hydrogen) atoms. The Morgan fingerprint density at radius 3 is 2.50 bits per heavy atom. The molecule has 1 amide bonds. The SMILES string of the molecule is CC(C)(C)OC(=O)NCC1CCCN1.COC=O. The lowest BCUT2D eigenvalue weighted by Gasteiger charge is -2.20. The summed E-state index contributed by atoms with van der Waals surface area (Å²) in [6.45, 7) is 7.68. The van der Waals surface area contributed by atoms with Crippen LogP contribution in [-0.4, -0.2) is 44.4 Å². The summed E-state index contributed by atoms with van der Waals surface area (Å²) in [5.41, 5.74) is -0.410. The van der Waals surface area contributed by atoms with E-state index in [1.807, 2.05) is 20.8 Å². The topological polar surface area (TPSA) is 76.7 Å². The molecule has 0 saturated carbocycles. The van der Waals surface area contributed by atoms with Gasteiger partial charge >= 0.3 is 6.09 Å². The van der Waals surface area contributed by atoms with Crippen LogP contribution < -0.4 is 10.6 Å². The van der Waals surface area contributed by atoms with Crippen molar-refractivity contribution < 1.29 is 19.1 Å². The number of hydrogen-bond donors (Lipinski definition) is 2. The summed E-state index contributed by atoms with van der Waals surface area (Å²) in [5.74, 6) is 0. The van der Waals surface area contributed by atoms with Gasteiger partial charge in [0.05, 0.1) is 7.11 Å². The second kappa shape index (κ2) is 8.74. The molecule has 0 aromatic carbocycles. The zero-order valence-corrected chi connectivity index (χ0v) is 11.6. The molecule has 0 aromatic rings. The van der Waals surface area contributed by atoms with E-state index in [9.17, 15) is 4.79 Å². The van der Waals surface area contributed by atoms with Crippen molar-refractivity contribution in [1.82, 2.24) is 10.6 Å². The second-order valence-corrected chi connectivity index (χ2v) is 5.01. The number of nitrogens with one attached hydrogen (secondary N) is 2. The number of ether oxygens (including phenoxy) is 2. The van der Waals surface area contributed by atoms with Crippen LogP contribution >= 0.6 is 0 Å². The van der Waals surface area contributed by atoms with Gasteiger partial charge in [-0.05, 0) is 40.2 Å². The van der Waals surface area contributed by atoms with E-state index in [-0.39, 0.29) is 6.09 Å². The fraction of sp³-hybridized carbons (Fsp3) is 0.833. The maximum absolute atomic E-state index is 11.3. The van der Waals surface area contributed by atoms with E-state index >= 15 is 0 Å². The van der Waals surface area contributed by atoms with Crippen LogP contribution in [0, 0.1) is 0 Å². The predicted octanol–water partition coefficient (Wildman–Crippen LogP) is 1.05. The van der Waals surface area contributed by atoms with E-state index < -0.39 is 5.60 Å². The molecule has 1 aliphatic heterocycles. The molecule has 106 valence electrons. The average Bonchev–Trinajstić information content (AvgIpc) is 2.77. The number of rotatable bonds is 3. The quantitative estimate of drug-likeness (QED) is 0.742. The second-order valence-electron chi connectivity index (χ2n) is 5.01. The lowest BCUT2D eigenvalue weighted by Crippen LogP contribution is -2.39. The minimum Gasteiger partial charge on any atom is -0.471 e. The van der Waals surface area contributed by atoms with Crippen LogP contribution in [0.4, 0.5) is 4.79 Å². The Bertz CT molecular complexity index is 245. The summed E-state index contributed by atoms with van der Waals surface area (Å²) in [4.78, 5) is 20.2. The number of carbonyl (C=O) groups is 2. The first-order valence-corrected chi connectivity index (χ1v) is 6.05. The van der Waals surface area contributed by atoms with Crippen LogP contribution in [0.1, 0.15) is 33.6 Å². The number of alkyl carbamates (subject to hydrolysis) is 1. The van der Waals surface area contributed by atoms with E-state index in [1.54, 1.807) is 0 Å². The summed E-state index contributed by atoms with van der Waals surface area (Å²) in [7, 11) is 1.31. The summed E-state index contributed by atoms with van der Waals surface area (Å²) >= 11 is 0. The summed E-state index contributed by atoms with van der Waals surface area (Å²) in [6.07, 6.45) is 2.00. The van der Waals surface area contributed by atoms with Gasteiger partial charge in [-0.25, -0.2) is 4.79 Å². The number of carbonyl (C=O) groups excluding carboxylic acids is 2. The lowest BCUT2D eigenvalue weighted by atomic mass is 10.2. The molecule has 0 aliphatic carbocycles. The standard InChI is InChI=1S/C10H20N2O2.C2H4O2/c1-10(2,3)14-9(13)12-7-8-5-4-6-11-8;1-4-2-3/h8,11H,4-7H2,1-3H3,(H,12,13);2H,1H3. The van der Waals surface area contributed by atoms with E-state index in [2.05, 4.69) is 15.4 Å². The molecule has 6 nitrogen and oxygen atoms in total. The van der Waals surface area contributed by atoms with E-state index in [4.69, 9.17) is 9.53 Å². The highest BCUT2D eigenvalue weighted by molar-refractivity contribution is 5.67. The number of methoxy groups -OCH3 is 1. The van der Waals surface area contributed by atoms with Crippen LogP contribution in [0.3, 0.4) is 0 Å². The molecular weight excluding hydrogens is 236 g/mol. The van der Waals surface area contributed by atoms with Crippen LogP contribution in [0.2, 0.25) is 0 Å². The fourth-order valence-corrected chi connectivity index (χ4v) is 1.45. The van der Waals surface area contributed by atoms with Gasteiger partial charge in [-0.3, -0.25) is 4.79 Å². The largest absolute Gasteiger partial charge is 0.471 e.